The lowest BCUT2D eigenvalue weighted by atomic mass is 10.1. The summed E-state index contributed by atoms with van der Waals surface area (Å²) in [4.78, 5) is 16.6. The molecule has 1 aromatic rings. The van der Waals surface area contributed by atoms with Crippen molar-refractivity contribution < 1.29 is 14.6 Å². The van der Waals surface area contributed by atoms with E-state index >= 15 is 0 Å². The molecule has 1 unspecified atom stereocenters. The Morgan fingerprint density at radius 1 is 1.42 bits per heavy atom. The van der Waals surface area contributed by atoms with E-state index in [1.807, 2.05) is 24.4 Å². The van der Waals surface area contributed by atoms with Crippen LogP contribution in [0.2, 0.25) is 0 Å². The van der Waals surface area contributed by atoms with Crippen LogP contribution in [0.5, 0.6) is 0 Å². The second-order valence-corrected chi connectivity index (χ2v) is 6.23. The summed E-state index contributed by atoms with van der Waals surface area (Å²) in [5, 5.41) is 18.7. The van der Waals surface area contributed by atoms with Gasteiger partial charge in [-0.25, -0.2) is 4.99 Å². The van der Waals surface area contributed by atoms with Crippen LogP contribution in [-0.2, 0) is 15.1 Å². The lowest BCUT2D eigenvalue weighted by Gasteiger charge is -2.20. The average molecular weight is 469 g/mol. The Balaban J connectivity index is 0.00000529. The van der Waals surface area contributed by atoms with Crippen molar-refractivity contribution in [3.05, 3.63) is 22.4 Å². The summed E-state index contributed by atoms with van der Waals surface area (Å²) in [6.45, 7) is 7.55. The highest BCUT2D eigenvalue weighted by Gasteiger charge is 2.23. The van der Waals surface area contributed by atoms with Crippen molar-refractivity contribution in [2.45, 2.75) is 39.2 Å². The predicted octanol–water partition coefficient (Wildman–Crippen LogP) is 2.47. The molecule has 1 atom stereocenters. The number of aliphatic imine (C=N–C) groups is 1. The van der Waals surface area contributed by atoms with E-state index in [1.54, 1.807) is 13.8 Å². The number of hydrogen-bond acceptors (Lipinski definition) is 5. The summed E-state index contributed by atoms with van der Waals surface area (Å²) in [5.74, 6) is 0.449. The molecule has 0 amide bonds. The SMILES string of the molecule is CCNC(=NCC(C)(O)c1cccs1)NCCCC(=O)OCC.I. The third-order valence-corrected chi connectivity index (χ3v) is 4.22. The van der Waals surface area contributed by atoms with Crippen molar-refractivity contribution in [1.29, 1.82) is 0 Å². The van der Waals surface area contributed by atoms with E-state index in [1.165, 1.54) is 11.3 Å². The molecule has 0 bridgehead atoms. The molecule has 1 heterocycles. The number of thiophene rings is 1. The van der Waals surface area contributed by atoms with Crippen LogP contribution in [-0.4, -0.2) is 43.3 Å². The monoisotopic (exact) mass is 469 g/mol. The van der Waals surface area contributed by atoms with E-state index < -0.39 is 5.60 Å². The van der Waals surface area contributed by atoms with Crippen LogP contribution in [0.4, 0.5) is 0 Å². The Labute approximate surface area is 165 Å². The minimum atomic E-state index is -0.985. The molecular weight excluding hydrogens is 441 g/mol. The number of halogens is 1. The number of rotatable bonds is 9. The molecule has 0 aromatic carbocycles. The number of esters is 1. The maximum atomic E-state index is 11.3. The highest BCUT2D eigenvalue weighted by atomic mass is 127. The molecule has 0 saturated carbocycles. The van der Waals surface area contributed by atoms with Crippen LogP contribution >= 0.6 is 35.3 Å². The molecule has 6 nitrogen and oxygen atoms in total. The number of aliphatic hydroxyl groups is 1. The molecule has 24 heavy (non-hydrogen) atoms. The molecule has 0 spiro atoms. The zero-order valence-electron chi connectivity index (χ0n) is 14.5. The first-order valence-corrected chi connectivity index (χ1v) is 8.81. The van der Waals surface area contributed by atoms with Crippen molar-refractivity contribution in [1.82, 2.24) is 10.6 Å². The van der Waals surface area contributed by atoms with Crippen LogP contribution < -0.4 is 10.6 Å². The smallest absolute Gasteiger partial charge is 0.305 e. The summed E-state index contributed by atoms with van der Waals surface area (Å²) in [6.07, 6.45) is 1.05. The molecule has 3 N–H and O–H groups in total. The van der Waals surface area contributed by atoms with Crippen molar-refractivity contribution in [3.63, 3.8) is 0 Å². The van der Waals surface area contributed by atoms with Gasteiger partial charge in [-0.3, -0.25) is 4.79 Å². The van der Waals surface area contributed by atoms with Crippen molar-refractivity contribution >= 4 is 47.2 Å². The molecule has 0 aliphatic carbocycles. The normalized spacial score (nSPS) is 13.6. The first-order chi connectivity index (χ1) is 11.0. The number of guanidine groups is 1. The summed E-state index contributed by atoms with van der Waals surface area (Å²) < 4.78 is 4.89. The summed E-state index contributed by atoms with van der Waals surface area (Å²) in [6, 6.07) is 3.82. The van der Waals surface area contributed by atoms with Gasteiger partial charge in [0, 0.05) is 24.4 Å². The van der Waals surface area contributed by atoms with E-state index in [-0.39, 0.29) is 36.5 Å². The largest absolute Gasteiger partial charge is 0.466 e. The minimum Gasteiger partial charge on any atom is -0.466 e. The highest BCUT2D eigenvalue weighted by Crippen LogP contribution is 2.25. The van der Waals surface area contributed by atoms with Crippen molar-refractivity contribution in [2.75, 3.05) is 26.2 Å². The molecule has 0 radical (unpaired) electrons. The fourth-order valence-corrected chi connectivity index (χ4v) is 2.69. The highest BCUT2D eigenvalue weighted by molar-refractivity contribution is 14.0. The lowest BCUT2D eigenvalue weighted by molar-refractivity contribution is -0.143. The van der Waals surface area contributed by atoms with Gasteiger partial charge >= 0.3 is 5.97 Å². The van der Waals surface area contributed by atoms with Gasteiger partial charge in [-0.15, -0.1) is 35.3 Å². The van der Waals surface area contributed by atoms with Crippen LogP contribution in [0.1, 0.15) is 38.5 Å². The van der Waals surface area contributed by atoms with Gasteiger partial charge in [-0.1, -0.05) is 6.07 Å². The number of nitrogens with one attached hydrogen (secondary N) is 2. The maximum Gasteiger partial charge on any atom is 0.305 e. The first-order valence-electron chi connectivity index (χ1n) is 7.93. The Kier molecular flexibility index (Phi) is 12.0. The van der Waals surface area contributed by atoms with Crippen LogP contribution in [0.25, 0.3) is 0 Å². The van der Waals surface area contributed by atoms with E-state index in [4.69, 9.17) is 4.74 Å². The van der Waals surface area contributed by atoms with E-state index in [0.717, 1.165) is 11.4 Å². The van der Waals surface area contributed by atoms with Gasteiger partial charge in [0.1, 0.15) is 5.60 Å². The molecule has 0 aliphatic heterocycles. The summed E-state index contributed by atoms with van der Waals surface area (Å²) in [5.41, 5.74) is -0.985. The zero-order valence-corrected chi connectivity index (χ0v) is 17.6. The van der Waals surface area contributed by atoms with Gasteiger partial charge in [0.25, 0.3) is 0 Å². The van der Waals surface area contributed by atoms with Crippen molar-refractivity contribution in [3.8, 4) is 0 Å². The van der Waals surface area contributed by atoms with Gasteiger partial charge in [-0.05, 0) is 38.6 Å². The second kappa shape index (κ2) is 12.5. The molecular formula is C16H28IN3O3S. The lowest BCUT2D eigenvalue weighted by Crippen LogP contribution is -2.39. The quantitative estimate of drug-likeness (QED) is 0.170. The first kappa shape index (κ1) is 23.1. The number of carbonyl (C=O) groups excluding carboxylic acids is 1. The molecule has 1 aromatic heterocycles. The van der Waals surface area contributed by atoms with Crippen LogP contribution in [0.15, 0.2) is 22.5 Å². The topological polar surface area (TPSA) is 83.0 Å². The van der Waals surface area contributed by atoms with Crippen LogP contribution in [0.3, 0.4) is 0 Å². The van der Waals surface area contributed by atoms with Crippen molar-refractivity contribution in [2.24, 2.45) is 4.99 Å². The minimum absolute atomic E-state index is 0. The standard InChI is InChI=1S/C16H27N3O3S.HI/c1-4-17-15(18-10-6-9-14(20)22-5-2)19-12-16(3,21)13-8-7-11-23-13;/h7-8,11,21H,4-6,9-10,12H2,1-3H3,(H2,17,18,19);1H. The second-order valence-electron chi connectivity index (χ2n) is 5.28. The maximum absolute atomic E-state index is 11.3. The third-order valence-electron chi connectivity index (χ3n) is 3.10. The fraction of sp³-hybridized carbons (Fsp3) is 0.625. The Morgan fingerprint density at radius 2 is 2.17 bits per heavy atom. The van der Waals surface area contributed by atoms with Gasteiger partial charge in [0.15, 0.2) is 5.96 Å². The third kappa shape index (κ3) is 8.84. The van der Waals surface area contributed by atoms with E-state index in [9.17, 15) is 9.90 Å². The van der Waals surface area contributed by atoms with E-state index in [2.05, 4.69) is 15.6 Å². The number of ether oxygens (including phenoxy) is 1. The molecule has 1 rings (SSSR count). The average Bonchev–Trinajstić information content (AvgIpc) is 3.04. The molecule has 0 aliphatic rings. The Morgan fingerprint density at radius 3 is 2.75 bits per heavy atom. The van der Waals surface area contributed by atoms with E-state index in [0.29, 0.717) is 32.0 Å². The van der Waals surface area contributed by atoms with Gasteiger partial charge in [0.2, 0.25) is 0 Å². The number of carbonyl (C=O) groups is 1. The number of hydrogen-bond donors (Lipinski definition) is 3. The molecule has 138 valence electrons. The summed E-state index contributed by atoms with van der Waals surface area (Å²) in [7, 11) is 0. The molecule has 0 fully saturated rings. The predicted molar refractivity (Wildman–Crippen MR) is 109 cm³/mol. The Bertz CT molecular complexity index is 493. The molecule has 0 saturated heterocycles. The van der Waals surface area contributed by atoms with Crippen LogP contribution in [0, 0.1) is 0 Å². The Hall–Kier alpha value is -0.870. The van der Waals surface area contributed by atoms with Gasteiger partial charge < -0.3 is 20.5 Å². The number of nitrogens with zero attached hydrogens (tertiary/aromatic N) is 1. The van der Waals surface area contributed by atoms with Gasteiger partial charge in [-0.2, -0.15) is 0 Å². The fourth-order valence-electron chi connectivity index (χ4n) is 1.91. The zero-order chi connectivity index (χ0) is 17.1. The molecule has 8 heteroatoms. The summed E-state index contributed by atoms with van der Waals surface area (Å²) >= 11 is 1.51. The van der Waals surface area contributed by atoms with Gasteiger partial charge in [0.05, 0.1) is 13.2 Å².